The predicted molar refractivity (Wildman–Crippen MR) is 32.3 cm³/mol. The van der Waals surface area contributed by atoms with Gasteiger partial charge in [-0.2, -0.15) is 0 Å². The average molecular weight is 146 g/mol. The Bertz CT molecular complexity index is 156. The summed E-state index contributed by atoms with van der Waals surface area (Å²) in [5, 5.41) is 26.7. The molecule has 0 bridgehead atoms. The third kappa shape index (κ3) is 0.847. The van der Waals surface area contributed by atoms with Gasteiger partial charge in [-0.15, -0.1) is 0 Å². The van der Waals surface area contributed by atoms with Crippen molar-refractivity contribution in [2.24, 2.45) is 0 Å². The van der Waals surface area contributed by atoms with Crippen molar-refractivity contribution in [3.63, 3.8) is 0 Å². The van der Waals surface area contributed by atoms with Gasteiger partial charge in [0.1, 0.15) is 0 Å². The third-order valence-corrected chi connectivity index (χ3v) is 1.92. The van der Waals surface area contributed by atoms with E-state index in [0.717, 1.165) is 0 Å². The summed E-state index contributed by atoms with van der Waals surface area (Å²) in [5.41, 5.74) is -1.88. The standard InChI is InChI=1S/C6H10O4/c7-3-6(10)4(8)1-2-5(6)9/h4,7-8,10H,1-3H2. The maximum atomic E-state index is 10.8. The quantitative estimate of drug-likeness (QED) is 0.418. The first-order valence-electron chi connectivity index (χ1n) is 3.16. The molecule has 1 fully saturated rings. The Kier molecular flexibility index (Phi) is 1.76. The van der Waals surface area contributed by atoms with Crippen molar-refractivity contribution in [3.05, 3.63) is 0 Å². The molecule has 0 saturated heterocycles. The molecule has 1 rings (SSSR count). The van der Waals surface area contributed by atoms with Crippen LogP contribution in [0.5, 0.6) is 0 Å². The van der Waals surface area contributed by atoms with Crippen LogP contribution in [0.1, 0.15) is 12.8 Å². The SMILES string of the molecule is O=C1CCC(O)C1(O)CO. The summed E-state index contributed by atoms with van der Waals surface area (Å²) in [6.45, 7) is -0.688. The summed E-state index contributed by atoms with van der Waals surface area (Å²) in [6.07, 6.45) is -0.696. The lowest BCUT2D eigenvalue weighted by atomic mass is 10.0. The van der Waals surface area contributed by atoms with E-state index in [-0.39, 0.29) is 12.8 Å². The molecule has 0 heterocycles. The zero-order chi connectivity index (χ0) is 7.78. The Balaban J connectivity index is 2.80. The first-order valence-corrected chi connectivity index (χ1v) is 3.16. The van der Waals surface area contributed by atoms with Gasteiger partial charge in [0.25, 0.3) is 0 Å². The molecule has 0 radical (unpaired) electrons. The Hall–Kier alpha value is -0.450. The molecular formula is C6H10O4. The molecule has 0 spiro atoms. The molecule has 0 aliphatic heterocycles. The van der Waals surface area contributed by atoms with Crippen LogP contribution in [0.15, 0.2) is 0 Å². The molecule has 0 aromatic carbocycles. The number of rotatable bonds is 1. The lowest BCUT2D eigenvalue weighted by molar-refractivity contribution is -0.147. The van der Waals surface area contributed by atoms with E-state index in [1.165, 1.54) is 0 Å². The molecule has 1 saturated carbocycles. The maximum Gasteiger partial charge on any atom is 0.171 e. The van der Waals surface area contributed by atoms with Crippen LogP contribution >= 0.6 is 0 Å². The number of carbonyl (C=O) groups is 1. The monoisotopic (exact) mass is 146 g/mol. The highest BCUT2D eigenvalue weighted by atomic mass is 16.4. The molecule has 0 amide bonds. The van der Waals surface area contributed by atoms with Crippen LogP contribution in [-0.4, -0.2) is 39.4 Å². The largest absolute Gasteiger partial charge is 0.393 e. The molecule has 4 nitrogen and oxygen atoms in total. The summed E-state index contributed by atoms with van der Waals surface area (Å²) >= 11 is 0. The van der Waals surface area contributed by atoms with Gasteiger partial charge in [-0.1, -0.05) is 0 Å². The highest BCUT2D eigenvalue weighted by Gasteiger charge is 2.47. The van der Waals surface area contributed by atoms with Crippen molar-refractivity contribution in [2.75, 3.05) is 6.61 Å². The fourth-order valence-corrected chi connectivity index (χ4v) is 1.10. The maximum absolute atomic E-state index is 10.8. The molecule has 4 heteroatoms. The van der Waals surface area contributed by atoms with Gasteiger partial charge in [-0.25, -0.2) is 0 Å². The smallest absolute Gasteiger partial charge is 0.171 e. The van der Waals surface area contributed by atoms with Gasteiger partial charge in [0.05, 0.1) is 12.7 Å². The van der Waals surface area contributed by atoms with E-state index in [0.29, 0.717) is 0 Å². The second-order valence-corrected chi connectivity index (χ2v) is 2.56. The minimum Gasteiger partial charge on any atom is -0.393 e. The number of aliphatic hydroxyl groups excluding tert-OH is 2. The van der Waals surface area contributed by atoms with E-state index < -0.39 is 24.1 Å². The van der Waals surface area contributed by atoms with Crippen LogP contribution in [0.3, 0.4) is 0 Å². The minimum absolute atomic E-state index is 0.151. The van der Waals surface area contributed by atoms with Crippen LogP contribution in [0.25, 0.3) is 0 Å². The fourth-order valence-electron chi connectivity index (χ4n) is 1.10. The van der Waals surface area contributed by atoms with Gasteiger partial charge < -0.3 is 15.3 Å². The zero-order valence-corrected chi connectivity index (χ0v) is 5.45. The van der Waals surface area contributed by atoms with Crippen molar-refractivity contribution in [1.29, 1.82) is 0 Å². The van der Waals surface area contributed by atoms with Crippen molar-refractivity contribution < 1.29 is 20.1 Å². The Morgan fingerprint density at radius 1 is 1.70 bits per heavy atom. The number of aliphatic hydroxyl groups is 3. The van der Waals surface area contributed by atoms with E-state index >= 15 is 0 Å². The topological polar surface area (TPSA) is 77.8 Å². The van der Waals surface area contributed by atoms with Crippen molar-refractivity contribution >= 4 is 5.78 Å². The summed E-state index contributed by atoms with van der Waals surface area (Å²) in [4.78, 5) is 10.8. The molecule has 2 unspecified atom stereocenters. The first-order chi connectivity index (χ1) is 4.61. The highest BCUT2D eigenvalue weighted by Crippen LogP contribution is 2.25. The van der Waals surface area contributed by atoms with Gasteiger partial charge in [0.15, 0.2) is 11.4 Å². The van der Waals surface area contributed by atoms with E-state index in [1.807, 2.05) is 0 Å². The zero-order valence-electron chi connectivity index (χ0n) is 5.45. The molecule has 10 heavy (non-hydrogen) atoms. The molecule has 0 aromatic heterocycles. The number of ketones is 1. The molecule has 1 aliphatic carbocycles. The fraction of sp³-hybridized carbons (Fsp3) is 0.833. The Morgan fingerprint density at radius 2 is 2.30 bits per heavy atom. The molecular weight excluding hydrogens is 136 g/mol. The minimum atomic E-state index is -1.88. The Morgan fingerprint density at radius 3 is 2.50 bits per heavy atom. The second kappa shape index (κ2) is 2.30. The van der Waals surface area contributed by atoms with Gasteiger partial charge in [-0.05, 0) is 6.42 Å². The van der Waals surface area contributed by atoms with Crippen LogP contribution in [0.2, 0.25) is 0 Å². The third-order valence-electron chi connectivity index (χ3n) is 1.92. The van der Waals surface area contributed by atoms with Crippen LogP contribution in [-0.2, 0) is 4.79 Å². The molecule has 3 N–H and O–H groups in total. The Labute approximate surface area is 58.1 Å². The highest BCUT2D eigenvalue weighted by molar-refractivity contribution is 5.90. The predicted octanol–water partition coefficient (Wildman–Crippen LogP) is -1.57. The molecule has 58 valence electrons. The van der Waals surface area contributed by atoms with Crippen LogP contribution in [0.4, 0.5) is 0 Å². The second-order valence-electron chi connectivity index (χ2n) is 2.56. The summed E-state index contributed by atoms with van der Waals surface area (Å²) in [5.74, 6) is -0.470. The van der Waals surface area contributed by atoms with Crippen molar-refractivity contribution in [2.45, 2.75) is 24.5 Å². The average Bonchev–Trinajstić information content (AvgIpc) is 2.18. The van der Waals surface area contributed by atoms with E-state index in [2.05, 4.69) is 0 Å². The van der Waals surface area contributed by atoms with E-state index in [1.54, 1.807) is 0 Å². The molecule has 0 aromatic rings. The van der Waals surface area contributed by atoms with Crippen molar-refractivity contribution in [1.82, 2.24) is 0 Å². The van der Waals surface area contributed by atoms with Crippen LogP contribution < -0.4 is 0 Å². The lowest BCUT2D eigenvalue weighted by Crippen LogP contribution is -2.46. The normalized spacial score (nSPS) is 40.7. The van der Waals surface area contributed by atoms with Gasteiger partial charge in [0, 0.05) is 6.42 Å². The number of hydrogen-bond acceptors (Lipinski definition) is 4. The van der Waals surface area contributed by atoms with Gasteiger partial charge in [0.2, 0.25) is 0 Å². The molecule has 1 aliphatic rings. The first kappa shape index (κ1) is 7.65. The number of Topliss-reactive ketones (excluding diaryl/α,β-unsaturated/α-hetero) is 1. The van der Waals surface area contributed by atoms with E-state index in [4.69, 9.17) is 10.2 Å². The number of carbonyl (C=O) groups excluding carboxylic acids is 1. The van der Waals surface area contributed by atoms with Gasteiger partial charge in [-0.3, -0.25) is 4.79 Å². The number of hydrogen-bond donors (Lipinski definition) is 3. The lowest BCUT2D eigenvalue weighted by Gasteiger charge is -2.21. The molecule has 2 atom stereocenters. The van der Waals surface area contributed by atoms with Crippen LogP contribution in [0, 0.1) is 0 Å². The summed E-state index contributed by atoms with van der Waals surface area (Å²) < 4.78 is 0. The summed E-state index contributed by atoms with van der Waals surface area (Å²) in [7, 11) is 0. The van der Waals surface area contributed by atoms with Gasteiger partial charge >= 0.3 is 0 Å². The van der Waals surface area contributed by atoms with Crippen molar-refractivity contribution in [3.8, 4) is 0 Å². The summed E-state index contributed by atoms with van der Waals surface area (Å²) in [6, 6.07) is 0. The van der Waals surface area contributed by atoms with E-state index in [9.17, 15) is 9.90 Å².